The van der Waals surface area contributed by atoms with E-state index in [1.54, 1.807) is 6.07 Å². The van der Waals surface area contributed by atoms with Crippen LogP contribution in [0.2, 0.25) is 0 Å². The number of carbonyl (C=O) groups excluding carboxylic acids is 1. The Hall–Kier alpha value is -3.38. The van der Waals surface area contributed by atoms with E-state index in [1.165, 1.54) is 12.3 Å². The molecule has 8 heteroatoms. The van der Waals surface area contributed by atoms with Crippen LogP contribution in [0.3, 0.4) is 0 Å². The molecule has 0 aliphatic carbocycles. The van der Waals surface area contributed by atoms with Crippen LogP contribution in [-0.2, 0) is 13.6 Å². The highest BCUT2D eigenvalue weighted by Gasteiger charge is 2.10. The number of para-hydroxylation sites is 2. The fourth-order valence-corrected chi connectivity index (χ4v) is 2.24. The summed E-state index contributed by atoms with van der Waals surface area (Å²) in [5, 5.41) is 6.16. The van der Waals surface area contributed by atoms with Crippen molar-refractivity contribution in [2.75, 3.05) is 0 Å². The minimum atomic E-state index is -0.267. The second-order valence-corrected chi connectivity index (χ2v) is 4.85. The van der Waals surface area contributed by atoms with Gasteiger partial charge in [0.2, 0.25) is 0 Å². The summed E-state index contributed by atoms with van der Waals surface area (Å²) >= 11 is 0. The molecule has 0 spiro atoms. The van der Waals surface area contributed by atoms with Gasteiger partial charge in [0, 0.05) is 18.2 Å². The molecule has 1 amide bonds. The van der Waals surface area contributed by atoms with Crippen LogP contribution in [0.15, 0.2) is 47.7 Å². The first-order valence-electron chi connectivity index (χ1n) is 6.88. The molecule has 0 aliphatic rings. The molecule has 114 valence electrons. The highest BCUT2D eigenvalue weighted by molar-refractivity contribution is 5.94. The van der Waals surface area contributed by atoms with E-state index in [0.717, 1.165) is 16.9 Å². The second-order valence-electron chi connectivity index (χ2n) is 4.85. The number of fused-ring (bicyclic) bond motifs is 1. The molecular formula is C15H13N7O. The van der Waals surface area contributed by atoms with Crippen molar-refractivity contribution in [3.05, 3.63) is 64.4 Å². The summed E-state index contributed by atoms with van der Waals surface area (Å²) in [6, 6.07) is 10.8. The van der Waals surface area contributed by atoms with Gasteiger partial charge in [-0.2, -0.15) is 0 Å². The highest BCUT2D eigenvalue weighted by Crippen LogP contribution is 2.14. The largest absolute Gasteiger partial charge is 0.345 e. The van der Waals surface area contributed by atoms with Gasteiger partial charge in [0.1, 0.15) is 11.6 Å². The van der Waals surface area contributed by atoms with Gasteiger partial charge in [0.25, 0.3) is 5.91 Å². The van der Waals surface area contributed by atoms with E-state index in [2.05, 4.69) is 25.3 Å². The summed E-state index contributed by atoms with van der Waals surface area (Å²) in [5.41, 5.74) is 10.6. The molecule has 0 saturated carbocycles. The fraction of sp³-hybridized carbons (Fsp3) is 0.133. The maximum Gasteiger partial charge on any atom is 0.253 e. The number of carbonyl (C=O) groups is 1. The summed E-state index contributed by atoms with van der Waals surface area (Å²) in [7, 11) is 1.91. The number of aryl methyl sites for hydroxylation is 1. The number of azide groups is 1. The number of nitrogens with one attached hydrogen (secondary N) is 1. The minimum Gasteiger partial charge on any atom is -0.345 e. The van der Waals surface area contributed by atoms with Crippen LogP contribution in [0.25, 0.3) is 21.5 Å². The summed E-state index contributed by atoms with van der Waals surface area (Å²) in [4.78, 5) is 23.1. The average molecular weight is 307 g/mol. The topological polar surface area (TPSA) is 109 Å². The predicted octanol–water partition coefficient (Wildman–Crippen LogP) is 2.84. The lowest BCUT2D eigenvalue weighted by atomic mass is 10.2. The van der Waals surface area contributed by atoms with Crippen molar-refractivity contribution in [2.45, 2.75) is 6.54 Å². The van der Waals surface area contributed by atoms with Crippen molar-refractivity contribution >= 4 is 22.8 Å². The van der Waals surface area contributed by atoms with Crippen molar-refractivity contribution in [1.82, 2.24) is 19.9 Å². The maximum atomic E-state index is 12.1. The number of hydrogen-bond donors (Lipinski definition) is 1. The summed E-state index contributed by atoms with van der Waals surface area (Å²) in [6.45, 7) is 0.308. The third-order valence-electron chi connectivity index (χ3n) is 3.44. The van der Waals surface area contributed by atoms with Gasteiger partial charge in [-0.1, -0.05) is 12.1 Å². The Morgan fingerprint density at radius 1 is 1.35 bits per heavy atom. The minimum absolute atomic E-state index is 0.222. The number of aromatic nitrogens is 3. The Bertz CT molecular complexity index is 907. The lowest BCUT2D eigenvalue weighted by Gasteiger charge is -2.05. The zero-order valence-corrected chi connectivity index (χ0v) is 12.3. The van der Waals surface area contributed by atoms with E-state index in [-0.39, 0.29) is 11.7 Å². The smallest absolute Gasteiger partial charge is 0.253 e. The van der Waals surface area contributed by atoms with E-state index in [1.807, 2.05) is 35.9 Å². The number of pyridine rings is 1. The molecule has 8 nitrogen and oxygen atoms in total. The lowest BCUT2D eigenvalue weighted by molar-refractivity contribution is 0.0949. The number of nitrogens with zero attached hydrogens (tertiary/aromatic N) is 6. The van der Waals surface area contributed by atoms with Crippen LogP contribution in [-0.4, -0.2) is 20.4 Å². The molecule has 0 bridgehead atoms. The summed E-state index contributed by atoms with van der Waals surface area (Å²) in [5.74, 6) is 0.717. The zero-order chi connectivity index (χ0) is 16.2. The van der Waals surface area contributed by atoms with Crippen LogP contribution < -0.4 is 5.32 Å². The van der Waals surface area contributed by atoms with Crippen molar-refractivity contribution < 1.29 is 4.79 Å². The van der Waals surface area contributed by atoms with Gasteiger partial charge >= 0.3 is 0 Å². The molecule has 0 aliphatic heterocycles. The maximum absolute atomic E-state index is 12.1. The Kier molecular flexibility index (Phi) is 3.90. The summed E-state index contributed by atoms with van der Waals surface area (Å²) < 4.78 is 1.94. The van der Waals surface area contributed by atoms with Gasteiger partial charge in [0.15, 0.2) is 0 Å². The number of amides is 1. The average Bonchev–Trinajstić information content (AvgIpc) is 2.90. The molecule has 0 unspecified atom stereocenters. The number of imidazole rings is 1. The van der Waals surface area contributed by atoms with Crippen molar-refractivity contribution in [3.8, 4) is 0 Å². The van der Waals surface area contributed by atoms with E-state index < -0.39 is 0 Å². The Labute approximate surface area is 131 Å². The Morgan fingerprint density at radius 3 is 2.87 bits per heavy atom. The van der Waals surface area contributed by atoms with Gasteiger partial charge < -0.3 is 9.88 Å². The molecule has 0 saturated heterocycles. The molecule has 0 radical (unpaired) electrons. The lowest BCUT2D eigenvalue weighted by Crippen LogP contribution is -2.24. The van der Waals surface area contributed by atoms with Gasteiger partial charge in [-0.25, -0.2) is 4.98 Å². The molecule has 2 aromatic heterocycles. The first kappa shape index (κ1) is 14.6. The SMILES string of the molecule is Cn1c(CNC(=O)c2ccc(N=[N+]=[N-])nc2)nc2ccccc21. The Morgan fingerprint density at radius 2 is 2.17 bits per heavy atom. The van der Waals surface area contributed by atoms with Crippen LogP contribution in [0.5, 0.6) is 0 Å². The Balaban J connectivity index is 1.72. The molecule has 0 fully saturated rings. The molecule has 0 atom stereocenters. The molecule has 3 rings (SSSR count). The number of hydrogen-bond acceptors (Lipinski definition) is 4. The molecule has 23 heavy (non-hydrogen) atoms. The third-order valence-corrected chi connectivity index (χ3v) is 3.44. The van der Waals surface area contributed by atoms with Crippen molar-refractivity contribution in [2.24, 2.45) is 12.2 Å². The van der Waals surface area contributed by atoms with Crippen LogP contribution >= 0.6 is 0 Å². The number of benzene rings is 1. The zero-order valence-electron chi connectivity index (χ0n) is 12.3. The molecule has 1 N–H and O–H groups in total. The normalized spacial score (nSPS) is 10.3. The van der Waals surface area contributed by atoms with E-state index in [9.17, 15) is 4.79 Å². The van der Waals surface area contributed by atoms with E-state index in [4.69, 9.17) is 5.53 Å². The van der Waals surface area contributed by atoms with Crippen LogP contribution in [0.4, 0.5) is 5.82 Å². The first-order valence-corrected chi connectivity index (χ1v) is 6.88. The molecule has 2 heterocycles. The van der Waals surface area contributed by atoms with Crippen LogP contribution in [0, 0.1) is 0 Å². The second kappa shape index (κ2) is 6.17. The van der Waals surface area contributed by atoms with Gasteiger partial charge in [-0.15, -0.1) is 0 Å². The first-order chi connectivity index (χ1) is 11.2. The number of rotatable bonds is 4. The van der Waals surface area contributed by atoms with Gasteiger partial charge in [-0.3, -0.25) is 9.78 Å². The highest BCUT2D eigenvalue weighted by atomic mass is 16.1. The standard InChI is InChI=1S/C15H13N7O/c1-22-12-5-3-2-4-11(12)19-14(22)9-18-15(23)10-6-7-13(17-8-10)20-21-16/h2-8H,9H2,1H3,(H,18,23). The van der Waals surface area contributed by atoms with Gasteiger partial charge in [0.05, 0.1) is 23.1 Å². The molecule has 1 aromatic carbocycles. The van der Waals surface area contributed by atoms with E-state index in [0.29, 0.717) is 12.1 Å². The van der Waals surface area contributed by atoms with E-state index >= 15 is 0 Å². The quantitative estimate of drug-likeness (QED) is 0.454. The third kappa shape index (κ3) is 2.97. The van der Waals surface area contributed by atoms with Crippen LogP contribution in [0.1, 0.15) is 16.2 Å². The monoisotopic (exact) mass is 307 g/mol. The van der Waals surface area contributed by atoms with Gasteiger partial charge in [-0.05, 0) is 34.9 Å². The predicted molar refractivity (Wildman–Crippen MR) is 84.9 cm³/mol. The molecular weight excluding hydrogens is 294 g/mol. The summed E-state index contributed by atoms with van der Waals surface area (Å²) in [6.07, 6.45) is 1.37. The fourth-order valence-electron chi connectivity index (χ4n) is 2.24. The van der Waals surface area contributed by atoms with Crippen molar-refractivity contribution in [3.63, 3.8) is 0 Å². The molecule has 3 aromatic rings. The van der Waals surface area contributed by atoms with Crippen molar-refractivity contribution in [1.29, 1.82) is 0 Å².